The highest BCUT2D eigenvalue weighted by molar-refractivity contribution is 5.95. The van der Waals surface area contributed by atoms with Crippen molar-refractivity contribution in [2.24, 2.45) is 0 Å². The van der Waals surface area contributed by atoms with Gasteiger partial charge in [-0.15, -0.1) is 0 Å². The van der Waals surface area contributed by atoms with Crippen LogP contribution in [-0.2, 0) is 10.8 Å². The Bertz CT molecular complexity index is 619. The zero-order chi connectivity index (χ0) is 16.8. The Morgan fingerprint density at radius 2 is 1.78 bits per heavy atom. The number of ether oxygens (including phenoxy) is 1. The molecule has 3 rings (SSSR count). The van der Waals surface area contributed by atoms with Crippen LogP contribution in [0.5, 0.6) is 5.75 Å². The number of fused-ring (bicyclic) bond motifs is 1. The van der Waals surface area contributed by atoms with Crippen molar-refractivity contribution in [2.75, 3.05) is 19.7 Å². The summed E-state index contributed by atoms with van der Waals surface area (Å²) in [6.07, 6.45) is 3.48. The highest BCUT2D eigenvalue weighted by Crippen LogP contribution is 2.45. The molecule has 0 aliphatic carbocycles. The van der Waals surface area contributed by atoms with Crippen molar-refractivity contribution in [3.63, 3.8) is 0 Å². The van der Waals surface area contributed by atoms with E-state index in [0.29, 0.717) is 6.61 Å². The molecule has 0 aromatic heterocycles. The Hall–Kier alpha value is -1.51. The van der Waals surface area contributed by atoms with Crippen molar-refractivity contribution in [1.29, 1.82) is 0 Å². The second-order valence-corrected chi connectivity index (χ2v) is 8.68. The van der Waals surface area contributed by atoms with Crippen LogP contribution in [-0.4, -0.2) is 30.5 Å². The first-order valence-corrected chi connectivity index (χ1v) is 8.81. The summed E-state index contributed by atoms with van der Waals surface area (Å²) in [7, 11) is 0. The van der Waals surface area contributed by atoms with Gasteiger partial charge in [-0.1, -0.05) is 34.6 Å². The summed E-state index contributed by atoms with van der Waals surface area (Å²) in [6, 6.07) is 4.14. The Morgan fingerprint density at radius 1 is 1.13 bits per heavy atom. The fourth-order valence-electron chi connectivity index (χ4n) is 3.58. The predicted molar refractivity (Wildman–Crippen MR) is 93.4 cm³/mol. The molecule has 1 fully saturated rings. The summed E-state index contributed by atoms with van der Waals surface area (Å²) in [5, 5.41) is 0. The van der Waals surface area contributed by atoms with Gasteiger partial charge >= 0.3 is 0 Å². The molecule has 0 unspecified atom stereocenters. The Balaban J connectivity index is 2.06. The summed E-state index contributed by atoms with van der Waals surface area (Å²) in [4.78, 5) is 15.0. The number of hydrogen-bond acceptors (Lipinski definition) is 2. The summed E-state index contributed by atoms with van der Waals surface area (Å²) >= 11 is 0. The average molecular weight is 315 g/mol. The number of hydrogen-bond donors (Lipinski definition) is 0. The fraction of sp³-hybridized carbons (Fsp3) is 0.650. The predicted octanol–water partition coefficient (Wildman–Crippen LogP) is 4.28. The van der Waals surface area contributed by atoms with E-state index in [1.165, 1.54) is 12.0 Å². The summed E-state index contributed by atoms with van der Waals surface area (Å²) in [6.45, 7) is 13.4. The number of likely N-dealkylation sites (tertiary alicyclic amines) is 1. The number of carbonyl (C=O) groups excluding carboxylic acids is 1. The number of benzene rings is 1. The van der Waals surface area contributed by atoms with Crippen molar-refractivity contribution in [3.8, 4) is 5.75 Å². The van der Waals surface area contributed by atoms with Crippen LogP contribution in [0.15, 0.2) is 12.1 Å². The molecule has 2 aliphatic rings. The van der Waals surface area contributed by atoms with E-state index in [4.69, 9.17) is 4.74 Å². The largest absolute Gasteiger partial charge is 0.492 e. The third kappa shape index (κ3) is 2.98. The van der Waals surface area contributed by atoms with Crippen LogP contribution >= 0.6 is 0 Å². The Labute approximate surface area is 140 Å². The molecular weight excluding hydrogens is 286 g/mol. The van der Waals surface area contributed by atoms with E-state index in [1.54, 1.807) is 0 Å². The Kier molecular flexibility index (Phi) is 3.94. The van der Waals surface area contributed by atoms with Gasteiger partial charge in [-0.2, -0.15) is 0 Å². The SMILES string of the molecule is CC(C)(C)c1cc(C(=O)N2CCCCC2)cc2c1OCC2(C)C. The van der Waals surface area contributed by atoms with Crippen LogP contribution in [0.1, 0.15) is 75.4 Å². The van der Waals surface area contributed by atoms with Gasteiger partial charge in [0.05, 0.1) is 6.61 Å². The molecule has 2 aliphatic heterocycles. The van der Waals surface area contributed by atoms with Crippen LogP contribution in [0.2, 0.25) is 0 Å². The topological polar surface area (TPSA) is 29.5 Å². The van der Waals surface area contributed by atoms with Gasteiger partial charge in [0.2, 0.25) is 0 Å². The molecular formula is C20H29NO2. The maximum Gasteiger partial charge on any atom is 0.253 e. The molecule has 0 N–H and O–H groups in total. The lowest BCUT2D eigenvalue weighted by Crippen LogP contribution is -2.36. The third-order valence-electron chi connectivity index (χ3n) is 5.09. The average Bonchev–Trinajstić information content (AvgIpc) is 2.81. The van der Waals surface area contributed by atoms with Crippen LogP contribution in [0, 0.1) is 0 Å². The smallest absolute Gasteiger partial charge is 0.253 e. The van der Waals surface area contributed by atoms with Crippen LogP contribution < -0.4 is 4.74 Å². The van der Waals surface area contributed by atoms with Gasteiger partial charge in [0.25, 0.3) is 5.91 Å². The standard InChI is InChI=1S/C20H29NO2/c1-19(2,3)15-11-14(18(22)21-9-7-6-8-10-21)12-16-17(15)23-13-20(16,4)5/h11-12H,6-10,13H2,1-5H3. The first kappa shape index (κ1) is 16.4. The number of piperidine rings is 1. The molecule has 0 spiro atoms. The minimum Gasteiger partial charge on any atom is -0.492 e. The molecule has 126 valence electrons. The first-order chi connectivity index (χ1) is 10.7. The molecule has 0 bridgehead atoms. The maximum atomic E-state index is 13.0. The van der Waals surface area contributed by atoms with Gasteiger partial charge in [0, 0.05) is 35.2 Å². The monoisotopic (exact) mass is 315 g/mol. The second kappa shape index (κ2) is 5.54. The quantitative estimate of drug-likeness (QED) is 0.774. The van der Waals surface area contributed by atoms with Crippen molar-refractivity contribution < 1.29 is 9.53 Å². The van der Waals surface area contributed by atoms with E-state index >= 15 is 0 Å². The van der Waals surface area contributed by atoms with Gasteiger partial charge < -0.3 is 9.64 Å². The second-order valence-electron chi connectivity index (χ2n) is 8.68. The molecule has 23 heavy (non-hydrogen) atoms. The van der Waals surface area contributed by atoms with Gasteiger partial charge in [0.15, 0.2) is 0 Å². The van der Waals surface area contributed by atoms with E-state index < -0.39 is 0 Å². The lowest BCUT2D eigenvalue weighted by Gasteiger charge is -2.29. The number of carbonyl (C=O) groups is 1. The minimum absolute atomic E-state index is 0.0342. The maximum absolute atomic E-state index is 13.0. The van der Waals surface area contributed by atoms with E-state index in [1.807, 2.05) is 4.90 Å². The molecule has 1 aromatic carbocycles. The molecule has 2 heterocycles. The van der Waals surface area contributed by atoms with Gasteiger partial charge in [-0.3, -0.25) is 4.79 Å². The van der Waals surface area contributed by atoms with Crippen molar-refractivity contribution >= 4 is 5.91 Å². The number of nitrogens with zero attached hydrogens (tertiary/aromatic N) is 1. The minimum atomic E-state index is -0.0390. The normalized spacial score (nSPS) is 20.1. The Morgan fingerprint density at radius 3 is 2.39 bits per heavy atom. The van der Waals surface area contributed by atoms with Gasteiger partial charge in [-0.25, -0.2) is 0 Å². The summed E-state index contributed by atoms with van der Waals surface area (Å²) in [5.41, 5.74) is 3.09. The lowest BCUT2D eigenvalue weighted by molar-refractivity contribution is 0.0724. The van der Waals surface area contributed by atoms with Crippen LogP contribution in [0.25, 0.3) is 0 Å². The van der Waals surface area contributed by atoms with E-state index in [0.717, 1.165) is 42.8 Å². The van der Waals surface area contributed by atoms with Crippen molar-refractivity contribution in [1.82, 2.24) is 4.90 Å². The van der Waals surface area contributed by atoms with Gasteiger partial charge in [0.1, 0.15) is 5.75 Å². The van der Waals surface area contributed by atoms with Crippen LogP contribution in [0.4, 0.5) is 0 Å². The van der Waals surface area contributed by atoms with Crippen LogP contribution in [0.3, 0.4) is 0 Å². The third-order valence-corrected chi connectivity index (χ3v) is 5.09. The summed E-state index contributed by atoms with van der Waals surface area (Å²) < 4.78 is 6.03. The molecule has 0 radical (unpaired) electrons. The molecule has 3 heteroatoms. The molecule has 1 saturated heterocycles. The van der Waals surface area contributed by atoms with Crippen molar-refractivity contribution in [2.45, 2.75) is 64.7 Å². The lowest BCUT2D eigenvalue weighted by atomic mass is 9.79. The van der Waals surface area contributed by atoms with Crippen molar-refractivity contribution in [3.05, 3.63) is 28.8 Å². The number of amides is 1. The summed E-state index contributed by atoms with van der Waals surface area (Å²) in [5.74, 6) is 1.18. The first-order valence-electron chi connectivity index (χ1n) is 8.81. The van der Waals surface area contributed by atoms with E-state index in [9.17, 15) is 4.79 Å². The zero-order valence-corrected chi connectivity index (χ0v) is 15.2. The molecule has 0 saturated carbocycles. The molecule has 3 nitrogen and oxygen atoms in total. The van der Waals surface area contributed by atoms with E-state index in [2.05, 4.69) is 46.8 Å². The van der Waals surface area contributed by atoms with Gasteiger partial charge in [-0.05, 0) is 36.8 Å². The molecule has 1 aromatic rings. The van der Waals surface area contributed by atoms with E-state index in [-0.39, 0.29) is 16.7 Å². The zero-order valence-electron chi connectivity index (χ0n) is 15.2. The number of rotatable bonds is 1. The molecule has 1 amide bonds. The highest BCUT2D eigenvalue weighted by Gasteiger charge is 2.37. The highest BCUT2D eigenvalue weighted by atomic mass is 16.5. The fourth-order valence-corrected chi connectivity index (χ4v) is 3.58. The molecule has 0 atom stereocenters.